The van der Waals surface area contributed by atoms with Gasteiger partial charge in [0.1, 0.15) is 0 Å². The standard InChI is InChI=1S/C13H20ClN/c1-9(2)4-7-13(15)11-5-6-12(14)10(3)8-11/h5-6,8-9,13H,4,7,15H2,1-3H3/t13-/m0/s1. The predicted octanol–water partition coefficient (Wildman–Crippen LogP) is 4.08. The molecule has 1 aromatic rings. The van der Waals surface area contributed by atoms with Crippen LogP contribution in [0.4, 0.5) is 0 Å². The Morgan fingerprint density at radius 1 is 1.27 bits per heavy atom. The van der Waals surface area contributed by atoms with E-state index in [9.17, 15) is 0 Å². The van der Waals surface area contributed by atoms with Gasteiger partial charge in [0.15, 0.2) is 0 Å². The largest absolute Gasteiger partial charge is 0.324 e. The van der Waals surface area contributed by atoms with Crippen molar-refractivity contribution < 1.29 is 0 Å². The van der Waals surface area contributed by atoms with Crippen LogP contribution in [0.25, 0.3) is 0 Å². The number of hydrogen-bond donors (Lipinski definition) is 1. The van der Waals surface area contributed by atoms with Gasteiger partial charge in [0.25, 0.3) is 0 Å². The normalized spacial score (nSPS) is 13.2. The molecule has 0 bridgehead atoms. The van der Waals surface area contributed by atoms with Crippen molar-refractivity contribution in [3.8, 4) is 0 Å². The van der Waals surface area contributed by atoms with E-state index in [4.69, 9.17) is 17.3 Å². The zero-order chi connectivity index (χ0) is 11.4. The summed E-state index contributed by atoms with van der Waals surface area (Å²) in [6.45, 7) is 6.46. The van der Waals surface area contributed by atoms with Crippen molar-refractivity contribution in [2.45, 2.75) is 39.7 Å². The van der Waals surface area contributed by atoms with Gasteiger partial charge in [0.05, 0.1) is 0 Å². The number of aryl methyl sites for hydroxylation is 1. The molecule has 0 aliphatic heterocycles. The molecule has 0 spiro atoms. The third-order valence-electron chi connectivity index (χ3n) is 2.67. The lowest BCUT2D eigenvalue weighted by molar-refractivity contribution is 0.507. The van der Waals surface area contributed by atoms with Gasteiger partial charge in [0, 0.05) is 11.1 Å². The molecule has 1 rings (SSSR count). The predicted molar refractivity (Wildman–Crippen MR) is 67.2 cm³/mol. The number of hydrogen-bond acceptors (Lipinski definition) is 1. The number of rotatable bonds is 4. The molecule has 1 atom stereocenters. The zero-order valence-electron chi connectivity index (χ0n) is 9.76. The molecule has 0 aromatic heterocycles. The fourth-order valence-electron chi connectivity index (χ4n) is 1.58. The van der Waals surface area contributed by atoms with E-state index in [1.807, 2.05) is 19.1 Å². The summed E-state index contributed by atoms with van der Waals surface area (Å²) in [5.41, 5.74) is 8.42. The summed E-state index contributed by atoms with van der Waals surface area (Å²) in [6.07, 6.45) is 2.21. The van der Waals surface area contributed by atoms with Crippen LogP contribution in [0.3, 0.4) is 0 Å². The van der Waals surface area contributed by atoms with E-state index < -0.39 is 0 Å². The van der Waals surface area contributed by atoms with Gasteiger partial charge in [-0.25, -0.2) is 0 Å². The van der Waals surface area contributed by atoms with Crippen molar-refractivity contribution in [3.63, 3.8) is 0 Å². The summed E-state index contributed by atoms with van der Waals surface area (Å²) in [6, 6.07) is 6.19. The highest BCUT2D eigenvalue weighted by atomic mass is 35.5. The molecule has 0 aliphatic rings. The Balaban J connectivity index is 2.65. The third-order valence-corrected chi connectivity index (χ3v) is 3.09. The summed E-state index contributed by atoms with van der Waals surface area (Å²) < 4.78 is 0. The molecule has 15 heavy (non-hydrogen) atoms. The van der Waals surface area contributed by atoms with Gasteiger partial charge >= 0.3 is 0 Å². The second-order valence-electron chi connectivity index (χ2n) is 4.59. The van der Waals surface area contributed by atoms with Crippen LogP contribution in [0.1, 0.15) is 43.9 Å². The minimum atomic E-state index is 0.142. The van der Waals surface area contributed by atoms with Crippen molar-refractivity contribution in [1.29, 1.82) is 0 Å². The summed E-state index contributed by atoms with van der Waals surface area (Å²) in [4.78, 5) is 0. The molecule has 0 heterocycles. The Kier molecular flexibility index (Phi) is 4.62. The highest BCUT2D eigenvalue weighted by molar-refractivity contribution is 6.31. The molecule has 0 amide bonds. The molecule has 1 aromatic carbocycles. The lowest BCUT2D eigenvalue weighted by atomic mass is 9.97. The molecule has 84 valence electrons. The van der Waals surface area contributed by atoms with Crippen LogP contribution in [-0.4, -0.2) is 0 Å². The topological polar surface area (TPSA) is 26.0 Å². The van der Waals surface area contributed by atoms with Crippen molar-refractivity contribution in [1.82, 2.24) is 0 Å². The number of nitrogens with two attached hydrogens (primary N) is 1. The van der Waals surface area contributed by atoms with Crippen molar-refractivity contribution in [3.05, 3.63) is 34.3 Å². The van der Waals surface area contributed by atoms with E-state index in [-0.39, 0.29) is 6.04 Å². The second-order valence-corrected chi connectivity index (χ2v) is 4.99. The zero-order valence-corrected chi connectivity index (χ0v) is 10.5. The molecule has 0 aliphatic carbocycles. The monoisotopic (exact) mass is 225 g/mol. The maximum atomic E-state index is 6.12. The molecule has 2 N–H and O–H groups in total. The molecule has 2 heteroatoms. The highest BCUT2D eigenvalue weighted by Gasteiger charge is 2.08. The average molecular weight is 226 g/mol. The molecular weight excluding hydrogens is 206 g/mol. The summed E-state index contributed by atoms with van der Waals surface area (Å²) >= 11 is 5.97. The van der Waals surface area contributed by atoms with Gasteiger partial charge in [-0.3, -0.25) is 0 Å². The fourth-order valence-corrected chi connectivity index (χ4v) is 1.70. The van der Waals surface area contributed by atoms with Crippen LogP contribution >= 0.6 is 11.6 Å². The summed E-state index contributed by atoms with van der Waals surface area (Å²) in [5, 5.41) is 0.815. The fraction of sp³-hybridized carbons (Fsp3) is 0.538. The molecule has 0 radical (unpaired) electrons. The smallest absolute Gasteiger partial charge is 0.0435 e. The van der Waals surface area contributed by atoms with Crippen molar-refractivity contribution in [2.75, 3.05) is 0 Å². The first-order chi connectivity index (χ1) is 7.00. The Bertz CT molecular complexity index is 320. The van der Waals surface area contributed by atoms with E-state index in [0.717, 1.165) is 17.0 Å². The Morgan fingerprint density at radius 2 is 1.93 bits per heavy atom. The number of halogens is 1. The molecule has 0 saturated carbocycles. The quantitative estimate of drug-likeness (QED) is 0.821. The van der Waals surface area contributed by atoms with Gasteiger partial charge < -0.3 is 5.73 Å². The highest BCUT2D eigenvalue weighted by Crippen LogP contribution is 2.23. The molecule has 0 unspecified atom stereocenters. The van der Waals surface area contributed by atoms with Crippen LogP contribution in [0.15, 0.2) is 18.2 Å². The lowest BCUT2D eigenvalue weighted by Crippen LogP contribution is -2.11. The summed E-state index contributed by atoms with van der Waals surface area (Å²) in [5.74, 6) is 0.712. The van der Waals surface area contributed by atoms with Crippen LogP contribution < -0.4 is 5.73 Å². The molecule has 1 nitrogen and oxygen atoms in total. The lowest BCUT2D eigenvalue weighted by Gasteiger charge is -2.14. The SMILES string of the molecule is Cc1cc([C@@H](N)CCC(C)C)ccc1Cl. The van der Waals surface area contributed by atoms with E-state index in [2.05, 4.69) is 19.9 Å². The van der Waals surface area contributed by atoms with E-state index in [1.165, 1.54) is 12.0 Å². The maximum Gasteiger partial charge on any atom is 0.0435 e. The van der Waals surface area contributed by atoms with Gasteiger partial charge in [-0.05, 0) is 42.9 Å². The van der Waals surface area contributed by atoms with Crippen molar-refractivity contribution >= 4 is 11.6 Å². The van der Waals surface area contributed by atoms with Gasteiger partial charge in [-0.2, -0.15) is 0 Å². The third kappa shape index (κ3) is 3.84. The first-order valence-corrected chi connectivity index (χ1v) is 5.90. The minimum Gasteiger partial charge on any atom is -0.324 e. The van der Waals surface area contributed by atoms with Crippen LogP contribution in [0, 0.1) is 12.8 Å². The van der Waals surface area contributed by atoms with Crippen LogP contribution in [0.2, 0.25) is 5.02 Å². The van der Waals surface area contributed by atoms with Gasteiger partial charge in [-0.1, -0.05) is 37.6 Å². The second kappa shape index (κ2) is 5.53. The molecular formula is C13H20ClN. The molecule has 0 fully saturated rings. The number of benzene rings is 1. The Morgan fingerprint density at radius 3 is 2.47 bits per heavy atom. The Hall–Kier alpha value is -0.530. The van der Waals surface area contributed by atoms with Crippen LogP contribution in [0.5, 0.6) is 0 Å². The average Bonchev–Trinajstić information content (AvgIpc) is 2.18. The Labute approximate surface area is 97.6 Å². The van der Waals surface area contributed by atoms with Crippen molar-refractivity contribution in [2.24, 2.45) is 11.7 Å². The molecule has 0 saturated heterocycles. The first kappa shape index (κ1) is 12.5. The van der Waals surface area contributed by atoms with Gasteiger partial charge in [0.2, 0.25) is 0 Å². The van der Waals surface area contributed by atoms with E-state index in [1.54, 1.807) is 0 Å². The summed E-state index contributed by atoms with van der Waals surface area (Å²) in [7, 11) is 0. The van der Waals surface area contributed by atoms with Crippen LogP contribution in [-0.2, 0) is 0 Å². The minimum absolute atomic E-state index is 0.142. The van der Waals surface area contributed by atoms with E-state index in [0.29, 0.717) is 5.92 Å². The maximum absolute atomic E-state index is 6.12. The van der Waals surface area contributed by atoms with E-state index >= 15 is 0 Å². The first-order valence-electron chi connectivity index (χ1n) is 5.52. The van der Waals surface area contributed by atoms with Gasteiger partial charge in [-0.15, -0.1) is 0 Å².